The predicted molar refractivity (Wildman–Crippen MR) is 177 cm³/mol. The van der Waals surface area contributed by atoms with Gasteiger partial charge in [-0.15, -0.1) is 0 Å². The number of hydrogen-bond acceptors (Lipinski definition) is 8. The van der Waals surface area contributed by atoms with Crippen molar-refractivity contribution in [2.45, 2.75) is 57.5 Å². The van der Waals surface area contributed by atoms with E-state index >= 15 is 0 Å². The molecule has 11 nitrogen and oxygen atoms in total. The molecule has 3 rings (SSSR count). The second kappa shape index (κ2) is 17.3. The summed E-state index contributed by atoms with van der Waals surface area (Å²) in [5, 5.41) is 2.93. The van der Waals surface area contributed by atoms with Gasteiger partial charge in [-0.1, -0.05) is 32.4 Å². The molecule has 0 saturated heterocycles. The van der Waals surface area contributed by atoms with Crippen molar-refractivity contribution >= 4 is 27.5 Å². The maximum atomic E-state index is 14.3. The zero-order valence-electron chi connectivity index (χ0n) is 27.4. The largest absolute Gasteiger partial charge is 0.497 e. The van der Waals surface area contributed by atoms with Crippen molar-refractivity contribution in [3.8, 4) is 23.0 Å². The van der Waals surface area contributed by atoms with Gasteiger partial charge < -0.3 is 29.2 Å². The Bertz CT molecular complexity index is 1530. The molecule has 12 heteroatoms. The zero-order valence-corrected chi connectivity index (χ0v) is 28.3. The molecular weight excluding hydrogens is 610 g/mol. The van der Waals surface area contributed by atoms with Gasteiger partial charge >= 0.3 is 0 Å². The number of rotatable bonds is 18. The van der Waals surface area contributed by atoms with Crippen molar-refractivity contribution in [1.29, 1.82) is 0 Å². The van der Waals surface area contributed by atoms with Gasteiger partial charge in [0.1, 0.15) is 24.1 Å². The molecule has 0 aliphatic rings. The van der Waals surface area contributed by atoms with Gasteiger partial charge in [0.15, 0.2) is 11.5 Å². The first kappa shape index (κ1) is 36.0. The molecular formula is C34H45N3O8S. The molecule has 0 aliphatic heterocycles. The molecule has 0 aromatic heterocycles. The van der Waals surface area contributed by atoms with Gasteiger partial charge in [-0.05, 0) is 73.9 Å². The number of unbranched alkanes of at least 4 members (excludes halogenated alkanes) is 1. The maximum Gasteiger partial charge on any atom is 0.264 e. The molecule has 0 radical (unpaired) electrons. The number of anilines is 1. The fraction of sp³-hybridized carbons (Fsp3) is 0.412. The minimum Gasteiger partial charge on any atom is -0.497 e. The summed E-state index contributed by atoms with van der Waals surface area (Å²) in [6.45, 7) is 6.11. The van der Waals surface area contributed by atoms with Crippen molar-refractivity contribution < 1.29 is 37.0 Å². The molecule has 0 bridgehead atoms. The lowest BCUT2D eigenvalue weighted by Crippen LogP contribution is -2.52. The lowest BCUT2D eigenvalue weighted by Gasteiger charge is -2.33. The van der Waals surface area contributed by atoms with Crippen molar-refractivity contribution in [2.75, 3.05) is 45.3 Å². The van der Waals surface area contributed by atoms with E-state index in [1.807, 2.05) is 32.9 Å². The molecule has 0 saturated carbocycles. The van der Waals surface area contributed by atoms with E-state index in [9.17, 15) is 18.0 Å². The normalized spacial score (nSPS) is 11.7. The van der Waals surface area contributed by atoms with E-state index in [-0.39, 0.29) is 28.8 Å². The fourth-order valence-electron chi connectivity index (χ4n) is 4.86. The van der Waals surface area contributed by atoms with Crippen LogP contribution in [0, 0.1) is 0 Å². The molecule has 1 atom stereocenters. The molecule has 1 N–H and O–H groups in total. The SMILES string of the molecule is CCCCNC(=O)[C@@H](CC)N(Cc1ccc(OC)cc1)C(=O)CN(c1ccc(OCC)cc1)S(=O)(=O)c1ccc(OC)c(OC)c1. The number of ether oxygens (including phenoxy) is 4. The highest BCUT2D eigenvalue weighted by atomic mass is 32.2. The fourth-order valence-corrected chi connectivity index (χ4v) is 6.29. The molecule has 0 fully saturated rings. The highest BCUT2D eigenvalue weighted by molar-refractivity contribution is 7.92. The van der Waals surface area contributed by atoms with Crippen LogP contribution in [-0.2, 0) is 26.2 Å². The Morgan fingerprint density at radius 2 is 1.48 bits per heavy atom. The lowest BCUT2D eigenvalue weighted by atomic mass is 10.1. The van der Waals surface area contributed by atoms with Crippen LogP contribution in [0.5, 0.6) is 23.0 Å². The smallest absolute Gasteiger partial charge is 0.264 e. The second-order valence-electron chi connectivity index (χ2n) is 10.4. The maximum absolute atomic E-state index is 14.3. The van der Waals surface area contributed by atoms with Crippen LogP contribution in [0.15, 0.2) is 71.6 Å². The summed E-state index contributed by atoms with van der Waals surface area (Å²) in [6, 6.07) is 17.0. The Labute approximate surface area is 272 Å². The summed E-state index contributed by atoms with van der Waals surface area (Å²) in [4.78, 5) is 29.0. The van der Waals surface area contributed by atoms with Crippen LogP contribution in [0.2, 0.25) is 0 Å². The number of benzene rings is 3. The average Bonchev–Trinajstić information content (AvgIpc) is 3.07. The third-order valence-corrected chi connectivity index (χ3v) is 9.15. The molecule has 2 amide bonds. The van der Waals surface area contributed by atoms with E-state index in [0.29, 0.717) is 36.8 Å². The first-order chi connectivity index (χ1) is 22.1. The van der Waals surface area contributed by atoms with Gasteiger partial charge in [0.2, 0.25) is 11.8 Å². The van der Waals surface area contributed by atoms with E-state index < -0.39 is 28.5 Å². The van der Waals surface area contributed by atoms with E-state index in [0.717, 1.165) is 22.7 Å². The van der Waals surface area contributed by atoms with Crippen molar-refractivity contribution in [3.05, 3.63) is 72.3 Å². The molecule has 46 heavy (non-hydrogen) atoms. The lowest BCUT2D eigenvalue weighted by molar-refractivity contribution is -0.140. The minimum atomic E-state index is -4.33. The number of carbonyl (C=O) groups is 2. The van der Waals surface area contributed by atoms with E-state index in [2.05, 4.69) is 5.32 Å². The van der Waals surface area contributed by atoms with Gasteiger partial charge in [0.25, 0.3) is 10.0 Å². The third-order valence-electron chi connectivity index (χ3n) is 7.39. The Morgan fingerprint density at radius 3 is 2.04 bits per heavy atom. The molecule has 3 aromatic carbocycles. The number of sulfonamides is 1. The third kappa shape index (κ3) is 9.06. The van der Waals surface area contributed by atoms with Gasteiger partial charge in [0.05, 0.1) is 38.5 Å². The van der Waals surface area contributed by atoms with E-state index in [4.69, 9.17) is 18.9 Å². The second-order valence-corrected chi connectivity index (χ2v) is 12.3. The van der Waals surface area contributed by atoms with Crippen LogP contribution in [-0.4, -0.2) is 72.2 Å². The van der Waals surface area contributed by atoms with E-state index in [1.165, 1.54) is 37.3 Å². The molecule has 250 valence electrons. The van der Waals surface area contributed by atoms with Gasteiger partial charge in [-0.25, -0.2) is 8.42 Å². The number of nitrogens with zero attached hydrogens (tertiary/aromatic N) is 2. The zero-order chi connectivity index (χ0) is 33.7. The first-order valence-corrected chi connectivity index (χ1v) is 16.7. The highest BCUT2D eigenvalue weighted by Gasteiger charge is 2.34. The van der Waals surface area contributed by atoms with E-state index in [1.54, 1.807) is 43.5 Å². The topological polar surface area (TPSA) is 124 Å². The Balaban J connectivity index is 2.09. The van der Waals surface area contributed by atoms with Crippen LogP contribution in [0.1, 0.15) is 45.6 Å². The summed E-state index contributed by atoms with van der Waals surface area (Å²) in [5.74, 6) is 0.929. The van der Waals surface area contributed by atoms with Crippen molar-refractivity contribution in [2.24, 2.45) is 0 Å². The molecule has 0 heterocycles. The van der Waals surface area contributed by atoms with Crippen molar-refractivity contribution in [1.82, 2.24) is 10.2 Å². The summed E-state index contributed by atoms with van der Waals surface area (Å²) in [6.07, 6.45) is 2.02. The average molecular weight is 656 g/mol. The molecule has 3 aromatic rings. The predicted octanol–water partition coefficient (Wildman–Crippen LogP) is 5.03. The number of carbonyl (C=O) groups excluding carboxylic acids is 2. The summed E-state index contributed by atoms with van der Waals surface area (Å²) in [5.41, 5.74) is 1.00. The Hall–Kier alpha value is -4.45. The number of methoxy groups -OCH3 is 3. The number of nitrogens with one attached hydrogen (secondary N) is 1. The number of hydrogen-bond donors (Lipinski definition) is 1. The minimum absolute atomic E-state index is 0.0794. The highest BCUT2D eigenvalue weighted by Crippen LogP contribution is 2.33. The van der Waals surface area contributed by atoms with Gasteiger partial charge in [0, 0.05) is 19.2 Å². The molecule has 0 unspecified atom stereocenters. The number of amides is 2. The van der Waals surface area contributed by atoms with Gasteiger partial charge in [-0.2, -0.15) is 0 Å². The molecule has 0 aliphatic carbocycles. The summed E-state index contributed by atoms with van der Waals surface area (Å²) < 4.78 is 51.1. The first-order valence-electron chi connectivity index (χ1n) is 15.3. The van der Waals surface area contributed by atoms with Crippen LogP contribution in [0.4, 0.5) is 5.69 Å². The van der Waals surface area contributed by atoms with Gasteiger partial charge in [-0.3, -0.25) is 13.9 Å². The van der Waals surface area contributed by atoms with Crippen molar-refractivity contribution in [3.63, 3.8) is 0 Å². The monoisotopic (exact) mass is 655 g/mol. The quantitative estimate of drug-likeness (QED) is 0.189. The summed E-state index contributed by atoms with van der Waals surface area (Å²) in [7, 11) is 0.105. The Kier molecular flexibility index (Phi) is 13.5. The van der Waals surface area contributed by atoms with Crippen LogP contribution in [0.25, 0.3) is 0 Å². The van der Waals surface area contributed by atoms with Crippen LogP contribution < -0.4 is 28.6 Å². The van der Waals surface area contributed by atoms with Crippen LogP contribution in [0.3, 0.4) is 0 Å². The molecule has 0 spiro atoms. The standard InChI is InChI=1S/C34H45N3O8S/c1-7-10-21-35-34(39)30(8-2)36(23-25-11-15-27(42-4)16-12-25)33(38)24-37(26-13-17-28(18-14-26)45-9-3)46(40,41)29-19-20-31(43-5)32(22-29)44-6/h11-20,22,30H,7-10,21,23-24H2,1-6H3,(H,35,39)/t30-/m1/s1. The van der Waals surface area contributed by atoms with Crippen LogP contribution >= 0.6 is 0 Å². The summed E-state index contributed by atoms with van der Waals surface area (Å²) >= 11 is 0. The Morgan fingerprint density at radius 1 is 0.826 bits per heavy atom.